The Kier molecular flexibility index (Phi) is 4.03. The molecule has 13 heavy (non-hydrogen) atoms. The Bertz CT molecular complexity index is 235. The molecule has 0 unspecified atom stereocenters. The van der Waals surface area contributed by atoms with Crippen LogP contribution in [0.2, 0.25) is 0 Å². The molecule has 72 valence electrons. The summed E-state index contributed by atoms with van der Waals surface area (Å²) < 4.78 is 0. The van der Waals surface area contributed by atoms with Crippen molar-refractivity contribution in [2.24, 2.45) is 0 Å². The summed E-state index contributed by atoms with van der Waals surface area (Å²) in [5, 5.41) is -0.409. The number of rotatable bonds is 3. The number of carbonyl (C=O) groups excluding carboxylic acids is 1. The molecule has 0 aromatic carbocycles. The van der Waals surface area contributed by atoms with Crippen molar-refractivity contribution in [1.82, 2.24) is 4.90 Å². The molecule has 0 atom stereocenters. The van der Waals surface area contributed by atoms with E-state index in [4.69, 9.17) is 11.6 Å². The largest absolute Gasteiger partial charge is 0.320 e. The van der Waals surface area contributed by atoms with Gasteiger partial charge in [-0.1, -0.05) is 12.2 Å². The minimum absolute atomic E-state index is 0.409. The first kappa shape index (κ1) is 10.3. The average Bonchev–Trinajstić information content (AvgIpc) is 2.15. The number of hydrogen-bond donors (Lipinski definition) is 0. The van der Waals surface area contributed by atoms with Crippen molar-refractivity contribution in [2.75, 3.05) is 6.54 Å². The number of nitrogens with zero attached hydrogens (tertiary/aromatic N) is 1. The molecule has 3 heteroatoms. The fraction of sp³-hybridized carbons (Fsp3) is 0.500. The number of hydrogen-bond acceptors (Lipinski definition) is 1. The van der Waals surface area contributed by atoms with Gasteiger partial charge in [0.05, 0.1) is 0 Å². The topological polar surface area (TPSA) is 20.3 Å². The van der Waals surface area contributed by atoms with Crippen LogP contribution in [0.4, 0.5) is 4.79 Å². The standard InChI is InChI=1S/C10H14ClNO/c1-2-8-12(10(11)13)9-6-4-3-5-7-9/h2,6H,1,3-5,7-8H2. The lowest BCUT2D eigenvalue weighted by atomic mass is 10.0. The van der Waals surface area contributed by atoms with Crippen molar-refractivity contribution in [3.63, 3.8) is 0 Å². The molecular formula is C10H14ClNO. The molecule has 0 aromatic rings. The lowest BCUT2D eigenvalue weighted by Crippen LogP contribution is -2.26. The summed E-state index contributed by atoms with van der Waals surface area (Å²) >= 11 is 5.45. The third kappa shape index (κ3) is 2.88. The van der Waals surface area contributed by atoms with Gasteiger partial charge in [-0.25, -0.2) is 0 Å². The van der Waals surface area contributed by atoms with Gasteiger partial charge in [0.25, 0.3) is 0 Å². The van der Waals surface area contributed by atoms with E-state index in [1.807, 2.05) is 0 Å². The van der Waals surface area contributed by atoms with Crippen molar-refractivity contribution in [2.45, 2.75) is 25.7 Å². The molecule has 1 rings (SSSR count). The Morgan fingerprint density at radius 2 is 2.46 bits per heavy atom. The Labute approximate surface area is 83.9 Å². The van der Waals surface area contributed by atoms with Gasteiger partial charge in [0.2, 0.25) is 0 Å². The fourth-order valence-corrected chi connectivity index (χ4v) is 1.67. The molecule has 0 aromatic heterocycles. The molecule has 2 nitrogen and oxygen atoms in total. The Morgan fingerprint density at radius 1 is 1.69 bits per heavy atom. The van der Waals surface area contributed by atoms with E-state index in [-0.39, 0.29) is 0 Å². The molecule has 0 N–H and O–H groups in total. The molecular weight excluding hydrogens is 186 g/mol. The first-order chi connectivity index (χ1) is 6.25. The number of halogens is 1. The summed E-state index contributed by atoms with van der Waals surface area (Å²) in [7, 11) is 0. The summed E-state index contributed by atoms with van der Waals surface area (Å²) in [5.41, 5.74) is 1.05. The Morgan fingerprint density at radius 3 is 2.92 bits per heavy atom. The SMILES string of the molecule is C=CCN(C(=O)Cl)C1=CCCCC1. The molecule has 0 bridgehead atoms. The maximum atomic E-state index is 11.0. The van der Waals surface area contributed by atoms with Crippen LogP contribution in [0.25, 0.3) is 0 Å². The molecule has 0 spiro atoms. The highest BCUT2D eigenvalue weighted by Gasteiger charge is 2.15. The zero-order chi connectivity index (χ0) is 9.68. The summed E-state index contributed by atoms with van der Waals surface area (Å²) in [6.07, 6.45) is 8.13. The minimum atomic E-state index is -0.409. The van der Waals surface area contributed by atoms with Crippen molar-refractivity contribution in [3.05, 3.63) is 24.4 Å². The molecule has 1 amide bonds. The van der Waals surface area contributed by atoms with Gasteiger partial charge in [0.1, 0.15) is 0 Å². The number of allylic oxidation sites excluding steroid dienone is 2. The monoisotopic (exact) mass is 199 g/mol. The predicted octanol–water partition coefficient (Wildman–Crippen LogP) is 3.29. The molecule has 1 aliphatic rings. The zero-order valence-electron chi connectivity index (χ0n) is 7.63. The third-order valence-corrected chi connectivity index (χ3v) is 2.34. The molecule has 0 aliphatic heterocycles. The van der Waals surface area contributed by atoms with Crippen LogP contribution in [0.1, 0.15) is 25.7 Å². The number of carbonyl (C=O) groups is 1. The van der Waals surface area contributed by atoms with Gasteiger partial charge in [0, 0.05) is 12.2 Å². The second-order valence-corrected chi connectivity index (χ2v) is 3.42. The van der Waals surface area contributed by atoms with E-state index >= 15 is 0 Å². The van der Waals surface area contributed by atoms with E-state index in [0.717, 1.165) is 25.0 Å². The first-order valence-corrected chi connectivity index (χ1v) is 4.90. The van der Waals surface area contributed by atoms with Crippen molar-refractivity contribution >= 4 is 17.0 Å². The third-order valence-electron chi connectivity index (χ3n) is 2.14. The van der Waals surface area contributed by atoms with Crippen molar-refractivity contribution in [1.29, 1.82) is 0 Å². The van der Waals surface area contributed by atoms with Crippen LogP contribution >= 0.6 is 11.6 Å². The molecule has 1 aliphatic carbocycles. The van der Waals surface area contributed by atoms with E-state index in [9.17, 15) is 4.79 Å². The van der Waals surface area contributed by atoms with Crippen LogP contribution in [0.5, 0.6) is 0 Å². The highest BCUT2D eigenvalue weighted by molar-refractivity contribution is 6.63. The molecule has 0 heterocycles. The first-order valence-electron chi connectivity index (χ1n) is 4.52. The summed E-state index contributed by atoms with van der Waals surface area (Å²) in [6.45, 7) is 4.11. The smallest absolute Gasteiger partial charge is 0.299 e. The van der Waals surface area contributed by atoms with E-state index in [1.54, 1.807) is 11.0 Å². The van der Waals surface area contributed by atoms with Crippen LogP contribution < -0.4 is 0 Å². The highest BCUT2D eigenvalue weighted by atomic mass is 35.5. The van der Waals surface area contributed by atoms with Gasteiger partial charge in [-0.15, -0.1) is 6.58 Å². The van der Waals surface area contributed by atoms with Crippen LogP contribution in [0, 0.1) is 0 Å². The van der Waals surface area contributed by atoms with Crippen LogP contribution in [-0.4, -0.2) is 16.8 Å². The summed E-state index contributed by atoms with van der Waals surface area (Å²) in [5.74, 6) is 0. The lowest BCUT2D eigenvalue weighted by Gasteiger charge is -2.23. The van der Waals surface area contributed by atoms with Gasteiger partial charge in [-0.3, -0.25) is 9.69 Å². The van der Waals surface area contributed by atoms with Gasteiger partial charge < -0.3 is 0 Å². The van der Waals surface area contributed by atoms with Crippen LogP contribution in [0.15, 0.2) is 24.4 Å². The minimum Gasteiger partial charge on any atom is -0.299 e. The fourth-order valence-electron chi connectivity index (χ4n) is 1.50. The molecule has 0 radical (unpaired) electrons. The quantitative estimate of drug-likeness (QED) is 0.388. The van der Waals surface area contributed by atoms with Crippen molar-refractivity contribution < 1.29 is 4.79 Å². The maximum Gasteiger partial charge on any atom is 0.320 e. The Balaban J connectivity index is 2.67. The summed E-state index contributed by atoms with van der Waals surface area (Å²) in [6, 6.07) is 0. The maximum absolute atomic E-state index is 11.0. The molecule has 0 saturated heterocycles. The molecule has 0 fully saturated rings. The van der Waals surface area contributed by atoms with E-state index in [0.29, 0.717) is 6.54 Å². The average molecular weight is 200 g/mol. The lowest BCUT2D eigenvalue weighted by molar-refractivity contribution is 0.235. The van der Waals surface area contributed by atoms with Gasteiger partial charge >= 0.3 is 5.37 Å². The second kappa shape index (κ2) is 5.07. The van der Waals surface area contributed by atoms with Gasteiger partial charge in [-0.05, 0) is 37.3 Å². The highest BCUT2D eigenvalue weighted by Crippen LogP contribution is 2.21. The van der Waals surface area contributed by atoms with Crippen LogP contribution in [0.3, 0.4) is 0 Å². The second-order valence-electron chi connectivity index (χ2n) is 3.09. The van der Waals surface area contributed by atoms with Gasteiger partial charge in [-0.2, -0.15) is 0 Å². The van der Waals surface area contributed by atoms with Gasteiger partial charge in [0.15, 0.2) is 0 Å². The normalized spacial score (nSPS) is 16.2. The van der Waals surface area contributed by atoms with Crippen LogP contribution in [-0.2, 0) is 0 Å². The van der Waals surface area contributed by atoms with E-state index in [1.165, 1.54) is 6.42 Å². The Hall–Kier alpha value is -0.760. The predicted molar refractivity (Wildman–Crippen MR) is 54.7 cm³/mol. The summed E-state index contributed by atoms with van der Waals surface area (Å²) in [4.78, 5) is 12.6. The van der Waals surface area contributed by atoms with E-state index < -0.39 is 5.37 Å². The zero-order valence-corrected chi connectivity index (χ0v) is 8.39. The number of amides is 1. The van der Waals surface area contributed by atoms with E-state index in [2.05, 4.69) is 12.7 Å². The molecule has 0 saturated carbocycles. The van der Waals surface area contributed by atoms with Crippen molar-refractivity contribution in [3.8, 4) is 0 Å².